The van der Waals surface area contributed by atoms with Gasteiger partial charge in [-0.25, -0.2) is 0 Å². The molecule has 15 nitrogen and oxygen atoms in total. The highest BCUT2D eigenvalue weighted by Gasteiger charge is 2.58. The molecule has 0 aromatic heterocycles. The maximum atomic E-state index is 12.5. The monoisotopic (exact) mass is 702 g/mol. The van der Waals surface area contributed by atoms with Crippen molar-refractivity contribution in [2.24, 2.45) is 0 Å². The van der Waals surface area contributed by atoms with Crippen LogP contribution in [0.4, 0.5) is 0 Å². The van der Waals surface area contributed by atoms with Gasteiger partial charge in [0.2, 0.25) is 0 Å². The fourth-order valence-corrected chi connectivity index (χ4v) is 6.08. The standard InChI is InChI=1S/C35H42O15/c1-19(36)41-17-25(44-20(2)37)27-30(45-21(3)38)32(46-22(4)39)35(49-27)50-29-28-26(18-43-33(48-28)24-14-10-7-11-15-24)47-34(40-5)31(29)42-16-23-12-8-6-9-13-23/h6-15,25-35H,16-18H2,1-5H3/t25-,26-,27+,28-,29+,30+,31+,32-,33?,34+,35+/m1/s1. The van der Waals surface area contributed by atoms with Crippen LogP contribution in [0.1, 0.15) is 45.1 Å². The largest absolute Gasteiger partial charge is 0.462 e. The molecule has 3 fully saturated rings. The second-order valence-corrected chi connectivity index (χ2v) is 11.9. The molecule has 0 N–H and O–H groups in total. The Bertz CT molecular complexity index is 1430. The molecule has 272 valence electrons. The van der Waals surface area contributed by atoms with Crippen molar-refractivity contribution in [3.05, 3.63) is 71.8 Å². The molecule has 0 spiro atoms. The lowest BCUT2D eigenvalue weighted by atomic mass is 9.97. The second kappa shape index (κ2) is 17.3. The smallest absolute Gasteiger partial charge is 0.303 e. The van der Waals surface area contributed by atoms with Crippen molar-refractivity contribution in [1.29, 1.82) is 0 Å². The van der Waals surface area contributed by atoms with E-state index in [-0.39, 0.29) is 13.2 Å². The third-order valence-corrected chi connectivity index (χ3v) is 8.11. The van der Waals surface area contributed by atoms with Crippen LogP contribution in [0.25, 0.3) is 0 Å². The summed E-state index contributed by atoms with van der Waals surface area (Å²) >= 11 is 0. The molecule has 5 rings (SSSR count). The molecule has 2 aromatic carbocycles. The number of rotatable bonds is 13. The number of carbonyl (C=O) groups is 4. The third-order valence-electron chi connectivity index (χ3n) is 8.11. The summed E-state index contributed by atoms with van der Waals surface area (Å²) in [5.41, 5.74) is 1.61. The van der Waals surface area contributed by atoms with Crippen molar-refractivity contribution < 1.29 is 71.3 Å². The average Bonchev–Trinajstić information content (AvgIpc) is 3.40. The molecule has 1 unspecified atom stereocenters. The fourth-order valence-electron chi connectivity index (χ4n) is 6.08. The molecule has 0 bridgehead atoms. The van der Waals surface area contributed by atoms with Gasteiger partial charge in [0, 0.05) is 40.4 Å². The van der Waals surface area contributed by atoms with E-state index in [0.717, 1.165) is 25.0 Å². The molecule has 50 heavy (non-hydrogen) atoms. The van der Waals surface area contributed by atoms with Crippen LogP contribution in [0.15, 0.2) is 60.7 Å². The topological polar surface area (TPSA) is 170 Å². The van der Waals surface area contributed by atoms with E-state index in [0.29, 0.717) is 0 Å². The van der Waals surface area contributed by atoms with Gasteiger partial charge in [0.1, 0.15) is 37.1 Å². The van der Waals surface area contributed by atoms with Gasteiger partial charge < -0.3 is 52.1 Å². The first-order valence-corrected chi connectivity index (χ1v) is 16.2. The second-order valence-electron chi connectivity index (χ2n) is 11.9. The number of hydrogen-bond donors (Lipinski definition) is 0. The highest BCUT2D eigenvalue weighted by molar-refractivity contribution is 5.68. The summed E-state index contributed by atoms with van der Waals surface area (Å²) in [6.07, 6.45) is -12.1. The molecule has 0 saturated carbocycles. The van der Waals surface area contributed by atoms with Crippen molar-refractivity contribution in [2.75, 3.05) is 20.3 Å². The van der Waals surface area contributed by atoms with Crippen LogP contribution < -0.4 is 0 Å². The quantitative estimate of drug-likeness (QED) is 0.220. The minimum atomic E-state index is -1.45. The molecule has 3 aliphatic heterocycles. The molecule has 2 aromatic rings. The van der Waals surface area contributed by atoms with Crippen LogP contribution in [0.3, 0.4) is 0 Å². The normalized spacial score (nSPS) is 31.1. The van der Waals surface area contributed by atoms with Gasteiger partial charge in [0.05, 0.1) is 13.2 Å². The molecule has 0 aliphatic carbocycles. The van der Waals surface area contributed by atoms with Gasteiger partial charge in [-0.1, -0.05) is 60.7 Å². The summed E-state index contributed by atoms with van der Waals surface area (Å²) < 4.78 is 65.7. The Hall–Kier alpha value is -3.96. The molecule has 0 amide bonds. The summed E-state index contributed by atoms with van der Waals surface area (Å²) in [6.45, 7) is 4.44. The van der Waals surface area contributed by atoms with E-state index in [1.54, 1.807) is 0 Å². The first kappa shape index (κ1) is 37.3. The number of methoxy groups -OCH3 is 1. The Morgan fingerprint density at radius 3 is 2.02 bits per heavy atom. The third kappa shape index (κ3) is 9.42. The van der Waals surface area contributed by atoms with Gasteiger partial charge in [-0.3, -0.25) is 19.2 Å². The number of benzene rings is 2. The van der Waals surface area contributed by atoms with E-state index in [1.165, 1.54) is 21.0 Å². The predicted molar refractivity (Wildman–Crippen MR) is 168 cm³/mol. The molecule has 3 heterocycles. The number of fused-ring (bicyclic) bond motifs is 1. The van der Waals surface area contributed by atoms with E-state index in [9.17, 15) is 19.2 Å². The van der Waals surface area contributed by atoms with E-state index < -0.39 is 98.2 Å². The summed E-state index contributed by atoms with van der Waals surface area (Å²) in [7, 11) is 1.46. The van der Waals surface area contributed by atoms with Gasteiger partial charge in [-0.2, -0.15) is 0 Å². The Morgan fingerprint density at radius 1 is 0.740 bits per heavy atom. The Kier molecular flexibility index (Phi) is 12.9. The maximum absolute atomic E-state index is 12.5. The average molecular weight is 703 g/mol. The minimum absolute atomic E-state index is 0.101. The van der Waals surface area contributed by atoms with Crippen LogP contribution in [0.2, 0.25) is 0 Å². The van der Waals surface area contributed by atoms with E-state index in [2.05, 4.69) is 0 Å². The molecule has 11 atom stereocenters. The lowest BCUT2D eigenvalue weighted by Crippen LogP contribution is -2.64. The van der Waals surface area contributed by atoms with Crippen LogP contribution in [-0.2, 0) is 77.9 Å². The summed E-state index contributed by atoms with van der Waals surface area (Å²) in [5, 5.41) is 0. The molecular formula is C35H42O15. The Morgan fingerprint density at radius 2 is 1.40 bits per heavy atom. The summed E-state index contributed by atoms with van der Waals surface area (Å²) in [4.78, 5) is 48.7. The summed E-state index contributed by atoms with van der Waals surface area (Å²) in [5.74, 6) is -2.87. The number of carbonyl (C=O) groups excluding carboxylic acids is 4. The van der Waals surface area contributed by atoms with E-state index in [1.807, 2.05) is 60.7 Å². The van der Waals surface area contributed by atoms with Crippen LogP contribution in [-0.4, -0.2) is 106 Å². The lowest BCUT2D eigenvalue weighted by Gasteiger charge is -2.49. The first-order valence-electron chi connectivity index (χ1n) is 16.2. The van der Waals surface area contributed by atoms with Crippen molar-refractivity contribution >= 4 is 23.9 Å². The minimum Gasteiger partial charge on any atom is -0.462 e. The molecule has 15 heteroatoms. The van der Waals surface area contributed by atoms with Crippen LogP contribution in [0.5, 0.6) is 0 Å². The van der Waals surface area contributed by atoms with Gasteiger partial charge in [-0.05, 0) is 5.56 Å². The van der Waals surface area contributed by atoms with Crippen molar-refractivity contribution in [3.63, 3.8) is 0 Å². The summed E-state index contributed by atoms with van der Waals surface area (Å²) in [6, 6.07) is 18.7. The zero-order valence-corrected chi connectivity index (χ0v) is 28.4. The predicted octanol–water partition coefficient (Wildman–Crippen LogP) is 2.53. The van der Waals surface area contributed by atoms with Crippen molar-refractivity contribution in [3.8, 4) is 0 Å². The van der Waals surface area contributed by atoms with Crippen LogP contribution >= 0.6 is 0 Å². The Balaban J connectivity index is 1.51. The van der Waals surface area contributed by atoms with Crippen molar-refractivity contribution in [2.45, 2.75) is 102 Å². The first-order chi connectivity index (χ1) is 24.0. The Labute approximate surface area is 289 Å². The molecule has 0 radical (unpaired) electrons. The zero-order chi connectivity index (χ0) is 35.8. The van der Waals surface area contributed by atoms with E-state index in [4.69, 9.17) is 52.1 Å². The number of esters is 4. The van der Waals surface area contributed by atoms with Crippen LogP contribution in [0, 0.1) is 0 Å². The molecule has 3 saturated heterocycles. The SMILES string of the molecule is CO[C@H]1O[C@@H]2COC(c3ccccc3)O[C@H]2[C@H](O[C@@H]2O[C@@H]([C@@H](COC(C)=O)OC(C)=O)[C@H](OC(C)=O)[C@H]2OC(C)=O)[C@@H]1OCc1ccccc1. The van der Waals surface area contributed by atoms with Crippen molar-refractivity contribution in [1.82, 2.24) is 0 Å². The fraction of sp³-hybridized carbons (Fsp3) is 0.543. The van der Waals surface area contributed by atoms with Gasteiger partial charge in [-0.15, -0.1) is 0 Å². The molecular weight excluding hydrogens is 660 g/mol. The van der Waals surface area contributed by atoms with E-state index >= 15 is 0 Å². The highest BCUT2D eigenvalue weighted by atomic mass is 16.8. The van der Waals surface area contributed by atoms with Gasteiger partial charge in [0.15, 0.2) is 37.2 Å². The van der Waals surface area contributed by atoms with Gasteiger partial charge in [0.25, 0.3) is 0 Å². The number of hydrogen-bond acceptors (Lipinski definition) is 15. The number of ether oxygens (including phenoxy) is 11. The zero-order valence-electron chi connectivity index (χ0n) is 28.4. The maximum Gasteiger partial charge on any atom is 0.303 e. The lowest BCUT2D eigenvalue weighted by molar-refractivity contribution is -0.382. The van der Waals surface area contributed by atoms with Gasteiger partial charge >= 0.3 is 23.9 Å². The molecule has 3 aliphatic rings. The highest BCUT2D eigenvalue weighted by Crippen LogP contribution is 2.40.